The Balaban J connectivity index is 2.95. The molecule has 1 N–H and O–H groups in total. The van der Waals surface area contributed by atoms with Crippen molar-refractivity contribution in [1.82, 2.24) is 0 Å². The number of benzene rings is 1. The summed E-state index contributed by atoms with van der Waals surface area (Å²) in [5.74, 6) is -1.29. The minimum Gasteiger partial charge on any atom is -0.478 e. The molecule has 76 valence electrons. The van der Waals surface area contributed by atoms with Gasteiger partial charge in [0.15, 0.2) is 0 Å². The molecule has 0 saturated carbocycles. The summed E-state index contributed by atoms with van der Waals surface area (Å²) in [5, 5.41) is 8.56. The molecular weight excluding hydrogens is 214 g/mol. The largest absolute Gasteiger partial charge is 0.478 e. The monoisotopic (exact) mass is 220 g/mol. The van der Waals surface area contributed by atoms with Crippen LogP contribution in [0.4, 0.5) is 8.78 Å². The zero-order valence-electron chi connectivity index (χ0n) is 6.78. The van der Waals surface area contributed by atoms with E-state index in [0.29, 0.717) is 0 Å². The van der Waals surface area contributed by atoms with Gasteiger partial charge in [0, 0.05) is 4.90 Å². The third kappa shape index (κ3) is 2.59. The number of carboxylic acids is 1. The van der Waals surface area contributed by atoms with Crippen LogP contribution >= 0.6 is 12.6 Å². The number of aromatic carboxylic acids is 1. The van der Waals surface area contributed by atoms with E-state index >= 15 is 0 Å². The van der Waals surface area contributed by atoms with Gasteiger partial charge in [-0.25, -0.2) is 4.79 Å². The molecule has 3 nitrogen and oxygen atoms in total. The van der Waals surface area contributed by atoms with E-state index in [4.69, 9.17) is 5.11 Å². The highest BCUT2D eigenvalue weighted by Crippen LogP contribution is 2.25. The number of halogens is 2. The van der Waals surface area contributed by atoms with E-state index in [-0.39, 0.29) is 16.2 Å². The smallest absolute Gasteiger partial charge is 0.387 e. The van der Waals surface area contributed by atoms with Crippen LogP contribution in [0.3, 0.4) is 0 Å². The number of thiol groups is 1. The summed E-state index contributed by atoms with van der Waals surface area (Å²) >= 11 is 3.82. The molecule has 0 saturated heterocycles. The van der Waals surface area contributed by atoms with Gasteiger partial charge >= 0.3 is 12.6 Å². The SMILES string of the molecule is O=C(O)c1ccc(OC(F)F)c(S)c1. The lowest BCUT2D eigenvalue weighted by Gasteiger charge is -2.07. The maximum Gasteiger partial charge on any atom is 0.387 e. The molecule has 0 aliphatic heterocycles. The van der Waals surface area contributed by atoms with Crippen molar-refractivity contribution in [3.05, 3.63) is 23.8 Å². The molecule has 0 aliphatic carbocycles. The second kappa shape index (κ2) is 4.28. The van der Waals surface area contributed by atoms with Crippen LogP contribution in [0.15, 0.2) is 23.1 Å². The van der Waals surface area contributed by atoms with Gasteiger partial charge in [-0.2, -0.15) is 8.78 Å². The fourth-order valence-electron chi connectivity index (χ4n) is 0.846. The van der Waals surface area contributed by atoms with Crippen LogP contribution in [0.5, 0.6) is 5.75 Å². The molecule has 1 aromatic carbocycles. The summed E-state index contributed by atoms with van der Waals surface area (Å²) in [6.45, 7) is -2.95. The third-order valence-corrected chi connectivity index (χ3v) is 1.77. The fourth-order valence-corrected chi connectivity index (χ4v) is 1.11. The van der Waals surface area contributed by atoms with Gasteiger partial charge in [0.1, 0.15) is 5.75 Å². The van der Waals surface area contributed by atoms with Gasteiger partial charge in [-0.3, -0.25) is 0 Å². The molecule has 0 fully saturated rings. The summed E-state index contributed by atoms with van der Waals surface area (Å²) in [6.07, 6.45) is 0. The summed E-state index contributed by atoms with van der Waals surface area (Å²) in [6, 6.07) is 3.45. The topological polar surface area (TPSA) is 46.5 Å². The number of carbonyl (C=O) groups is 1. The number of hydrogen-bond acceptors (Lipinski definition) is 3. The zero-order valence-corrected chi connectivity index (χ0v) is 7.67. The van der Waals surface area contributed by atoms with Gasteiger partial charge in [-0.15, -0.1) is 12.6 Å². The van der Waals surface area contributed by atoms with Gasteiger partial charge in [-0.1, -0.05) is 0 Å². The van der Waals surface area contributed by atoms with E-state index in [2.05, 4.69) is 17.4 Å². The minimum atomic E-state index is -2.95. The molecule has 0 bridgehead atoms. The van der Waals surface area contributed by atoms with Crippen LogP contribution in [-0.4, -0.2) is 17.7 Å². The standard InChI is InChI=1S/C8H6F2O3S/c9-8(10)13-5-2-1-4(7(11)12)3-6(5)14/h1-3,8,14H,(H,11,12). The number of hydrogen-bond donors (Lipinski definition) is 2. The van der Waals surface area contributed by atoms with Crippen LogP contribution in [0.1, 0.15) is 10.4 Å². The van der Waals surface area contributed by atoms with Gasteiger partial charge < -0.3 is 9.84 Å². The Morgan fingerprint density at radius 3 is 2.57 bits per heavy atom. The number of ether oxygens (including phenoxy) is 1. The molecule has 0 aliphatic rings. The first kappa shape index (κ1) is 10.8. The Kier molecular flexibility index (Phi) is 3.29. The van der Waals surface area contributed by atoms with Crippen LogP contribution < -0.4 is 4.74 Å². The molecule has 0 aromatic heterocycles. The Morgan fingerprint density at radius 2 is 2.14 bits per heavy atom. The van der Waals surface area contributed by atoms with Gasteiger partial charge in [-0.05, 0) is 18.2 Å². The molecule has 1 aromatic rings. The van der Waals surface area contributed by atoms with Crippen molar-refractivity contribution in [2.24, 2.45) is 0 Å². The normalized spacial score (nSPS) is 10.3. The molecule has 0 amide bonds. The minimum absolute atomic E-state index is 0.0309. The number of alkyl halides is 2. The molecular formula is C8H6F2O3S. The molecule has 14 heavy (non-hydrogen) atoms. The maximum atomic E-state index is 11.8. The van der Waals surface area contributed by atoms with Gasteiger partial charge in [0.05, 0.1) is 5.56 Å². The summed E-state index contributed by atoms with van der Waals surface area (Å²) < 4.78 is 27.7. The van der Waals surface area contributed by atoms with Gasteiger partial charge in [0.25, 0.3) is 0 Å². The number of rotatable bonds is 3. The summed E-state index contributed by atoms with van der Waals surface area (Å²) in [4.78, 5) is 10.5. The van der Waals surface area contributed by atoms with Crippen LogP contribution in [-0.2, 0) is 0 Å². The lowest BCUT2D eigenvalue weighted by atomic mass is 10.2. The average Bonchev–Trinajstić information content (AvgIpc) is 2.07. The van der Waals surface area contributed by atoms with Gasteiger partial charge in [0.2, 0.25) is 0 Å². The Hall–Kier alpha value is -1.30. The van der Waals surface area contributed by atoms with Crippen molar-refractivity contribution >= 4 is 18.6 Å². The quantitative estimate of drug-likeness (QED) is 0.768. The zero-order chi connectivity index (χ0) is 10.7. The highest BCUT2D eigenvalue weighted by Gasteiger charge is 2.10. The summed E-state index contributed by atoms with van der Waals surface area (Å²) in [7, 11) is 0. The second-order valence-electron chi connectivity index (χ2n) is 2.37. The molecule has 0 spiro atoms. The molecule has 6 heteroatoms. The Labute approximate surface area is 83.7 Å². The van der Waals surface area contributed by atoms with E-state index in [1.807, 2.05) is 0 Å². The fraction of sp³-hybridized carbons (Fsp3) is 0.125. The van der Waals surface area contributed by atoms with Crippen molar-refractivity contribution in [3.63, 3.8) is 0 Å². The predicted molar refractivity (Wildman–Crippen MR) is 47.3 cm³/mol. The van der Waals surface area contributed by atoms with E-state index < -0.39 is 12.6 Å². The first-order valence-electron chi connectivity index (χ1n) is 3.52. The van der Waals surface area contributed by atoms with Crippen LogP contribution in [0.2, 0.25) is 0 Å². The lowest BCUT2D eigenvalue weighted by molar-refractivity contribution is -0.0516. The highest BCUT2D eigenvalue weighted by molar-refractivity contribution is 7.80. The molecule has 0 radical (unpaired) electrons. The first-order valence-corrected chi connectivity index (χ1v) is 3.96. The van der Waals surface area contributed by atoms with Crippen molar-refractivity contribution in [3.8, 4) is 5.75 Å². The maximum absolute atomic E-state index is 11.8. The van der Waals surface area contributed by atoms with Crippen LogP contribution in [0.25, 0.3) is 0 Å². The molecule has 0 atom stereocenters. The third-order valence-electron chi connectivity index (χ3n) is 1.42. The van der Waals surface area contributed by atoms with E-state index in [9.17, 15) is 13.6 Å². The molecule has 0 heterocycles. The second-order valence-corrected chi connectivity index (χ2v) is 2.85. The first-order chi connectivity index (χ1) is 6.50. The Bertz CT molecular complexity index is 354. The van der Waals surface area contributed by atoms with Crippen molar-refractivity contribution in [2.75, 3.05) is 0 Å². The highest BCUT2D eigenvalue weighted by atomic mass is 32.1. The van der Waals surface area contributed by atoms with Crippen molar-refractivity contribution < 1.29 is 23.4 Å². The molecule has 0 unspecified atom stereocenters. The van der Waals surface area contributed by atoms with E-state index in [0.717, 1.165) is 12.1 Å². The summed E-state index contributed by atoms with van der Waals surface area (Å²) in [5.41, 5.74) is -0.0309. The molecule has 1 rings (SSSR count). The van der Waals surface area contributed by atoms with Crippen LogP contribution in [0, 0.1) is 0 Å². The lowest BCUT2D eigenvalue weighted by Crippen LogP contribution is -2.03. The van der Waals surface area contributed by atoms with Crippen molar-refractivity contribution in [2.45, 2.75) is 11.5 Å². The Morgan fingerprint density at radius 1 is 1.50 bits per heavy atom. The number of carboxylic acid groups (broad SMARTS) is 1. The average molecular weight is 220 g/mol. The van der Waals surface area contributed by atoms with E-state index in [1.54, 1.807) is 0 Å². The van der Waals surface area contributed by atoms with E-state index in [1.165, 1.54) is 6.07 Å². The van der Waals surface area contributed by atoms with Crippen molar-refractivity contribution in [1.29, 1.82) is 0 Å². The predicted octanol–water partition coefficient (Wildman–Crippen LogP) is 2.27.